The van der Waals surface area contributed by atoms with Crippen LogP contribution in [0.5, 0.6) is 11.5 Å². The molecule has 31 heavy (non-hydrogen) atoms. The van der Waals surface area contributed by atoms with Gasteiger partial charge in [-0.3, -0.25) is 4.79 Å². The molecule has 4 rings (SSSR count). The number of hydrogen-bond acceptors (Lipinski definition) is 6. The average molecular weight is 419 g/mol. The summed E-state index contributed by atoms with van der Waals surface area (Å²) in [5.74, 6) is -0.0782. The number of fused-ring (bicyclic) bond motifs is 3. The number of hydrogen-bond donors (Lipinski definition) is 1. The number of carbonyl (C=O) groups is 2. The van der Waals surface area contributed by atoms with Crippen molar-refractivity contribution in [1.82, 2.24) is 0 Å². The predicted molar refractivity (Wildman–Crippen MR) is 117 cm³/mol. The van der Waals surface area contributed by atoms with Crippen LogP contribution in [0.15, 0.2) is 65.1 Å². The number of para-hydroxylation sites is 2. The quantitative estimate of drug-likeness (QED) is 0.445. The highest BCUT2D eigenvalue weighted by Crippen LogP contribution is 2.36. The van der Waals surface area contributed by atoms with Crippen LogP contribution in [0.2, 0.25) is 0 Å². The fourth-order valence-corrected chi connectivity index (χ4v) is 3.25. The van der Waals surface area contributed by atoms with Crippen LogP contribution < -0.4 is 14.8 Å². The summed E-state index contributed by atoms with van der Waals surface area (Å²) in [5, 5.41) is 4.53. The smallest absolute Gasteiger partial charge is 0.344 e. The Morgan fingerprint density at radius 2 is 1.68 bits per heavy atom. The van der Waals surface area contributed by atoms with Gasteiger partial charge in [0.25, 0.3) is 5.91 Å². The first kappa shape index (κ1) is 20.3. The molecule has 0 bridgehead atoms. The minimum Gasteiger partial charge on any atom is -0.495 e. The lowest BCUT2D eigenvalue weighted by molar-refractivity contribution is -0.149. The highest BCUT2D eigenvalue weighted by atomic mass is 16.6. The molecule has 0 radical (unpaired) electrons. The van der Waals surface area contributed by atoms with Crippen molar-refractivity contribution in [2.45, 2.75) is 6.92 Å². The Morgan fingerprint density at radius 1 is 0.903 bits per heavy atom. The number of anilines is 1. The SMILES string of the molecule is COc1cc2c(cc1NC(=O)COC(=O)COc1ccccc1C)oc1ccccc12. The van der Waals surface area contributed by atoms with Crippen molar-refractivity contribution in [3.8, 4) is 11.5 Å². The van der Waals surface area contributed by atoms with E-state index in [4.69, 9.17) is 18.6 Å². The maximum absolute atomic E-state index is 12.3. The molecule has 0 aliphatic rings. The lowest BCUT2D eigenvalue weighted by Gasteiger charge is -2.11. The van der Waals surface area contributed by atoms with E-state index in [1.807, 2.05) is 49.4 Å². The third-order valence-corrected chi connectivity index (χ3v) is 4.78. The maximum Gasteiger partial charge on any atom is 0.344 e. The Hall–Kier alpha value is -4.00. The van der Waals surface area contributed by atoms with Gasteiger partial charge in [-0.15, -0.1) is 0 Å². The molecule has 0 unspecified atom stereocenters. The predicted octanol–water partition coefficient (Wildman–Crippen LogP) is 4.46. The Labute approximate surface area is 178 Å². The number of aryl methyl sites for hydroxylation is 1. The Morgan fingerprint density at radius 3 is 2.48 bits per heavy atom. The van der Waals surface area contributed by atoms with E-state index in [2.05, 4.69) is 5.32 Å². The Bertz CT molecular complexity index is 1260. The first-order valence-corrected chi connectivity index (χ1v) is 9.68. The van der Waals surface area contributed by atoms with Gasteiger partial charge in [0.1, 0.15) is 22.7 Å². The van der Waals surface area contributed by atoms with E-state index in [-0.39, 0.29) is 6.61 Å². The van der Waals surface area contributed by atoms with Gasteiger partial charge in [0, 0.05) is 16.8 Å². The fraction of sp³-hybridized carbons (Fsp3) is 0.167. The molecule has 1 amide bonds. The Balaban J connectivity index is 1.39. The molecule has 0 spiro atoms. The van der Waals surface area contributed by atoms with Gasteiger partial charge in [-0.05, 0) is 30.7 Å². The van der Waals surface area contributed by atoms with Gasteiger partial charge in [0.15, 0.2) is 13.2 Å². The fourth-order valence-electron chi connectivity index (χ4n) is 3.25. The molecule has 1 heterocycles. The van der Waals surface area contributed by atoms with Crippen LogP contribution in [0, 0.1) is 6.92 Å². The molecule has 0 aliphatic carbocycles. The van der Waals surface area contributed by atoms with Gasteiger partial charge in [0.05, 0.1) is 12.8 Å². The summed E-state index contributed by atoms with van der Waals surface area (Å²) in [5.41, 5.74) is 2.68. The summed E-state index contributed by atoms with van der Waals surface area (Å²) in [6, 6.07) is 18.5. The van der Waals surface area contributed by atoms with Crippen molar-refractivity contribution >= 4 is 39.5 Å². The molecule has 7 heteroatoms. The van der Waals surface area contributed by atoms with Crippen molar-refractivity contribution in [3.05, 3.63) is 66.2 Å². The summed E-state index contributed by atoms with van der Waals surface area (Å²) in [6.07, 6.45) is 0. The van der Waals surface area contributed by atoms with Crippen molar-refractivity contribution in [2.24, 2.45) is 0 Å². The number of furan rings is 1. The summed E-state index contributed by atoms with van der Waals surface area (Å²) < 4.78 is 21.7. The van der Waals surface area contributed by atoms with Crippen molar-refractivity contribution in [1.29, 1.82) is 0 Å². The molecule has 4 aromatic rings. The number of nitrogens with one attached hydrogen (secondary N) is 1. The zero-order chi connectivity index (χ0) is 21.8. The van der Waals surface area contributed by atoms with Crippen molar-refractivity contribution in [3.63, 3.8) is 0 Å². The second kappa shape index (κ2) is 8.79. The van der Waals surface area contributed by atoms with Crippen molar-refractivity contribution < 1.29 is 28.2 Å². The van der Waals surface area contributed by atoms with E-state index in [0.717, 1.165) is 21.9 Å². The molecule has 7 nitrogen and oxygen atoms in total. The summed E-state index contributed by atoms with van der Waals surface area (Å²) in [4.78, 5) is 24.2. The minimum atomic E-state index is -0.641. The highest BCUT2D eigenvalue weighted by Gasteiger charge is 2.15. The molecule has 0 saturated carbocycles. The molecular weight excluding hydrogens is 398 g/mol. The number of rotatable bonds is 7. The maximum atomic E-state index is 12.3. The summed E-state index contributed by atoms with van der Waals surface area (Å²) in [7, 11) is 1.52. The topological polar surface area (TPSA) is 87.0 Å². The molecule has 1 aromatic heterocycles. The van der Waals surface area contributed by atoms with Gasteiger partial charge in [-0.2, -0.15) is 0 Å². The van der Waals surface area contributed by atoms with E-state index in [1.54, 1.807) is 18.2 Å². The third-order valence-electron chi connectivity index (χ3n) is 4.78. The molecule has 0 saturated heterocycles. The normalized spacial score (nSPS) is 10.8. The third kappa shape index (κ3) is 4.45. The van der Waals surface area contributed by atoms with E-state index < -0.39 is 18.5 Å². The van der Waals surface area contributed by atoms with Crippen LogP contribution in [0.25, 0.3) is 21.9 Å². The highest BCUT2D eigenvalue weighted by molar-refractivity contribution is 6.07. The van der Waals surface area contributed by atoms with Crippen LogP contribution in [0.4, 0.5) is 5.69 Å². The van der Waals surface area contributed by atoms with Crippen molar-refractivity contribution in [2.75, 3.05) is 25.6 Å². The second-order valence-corrected chi connectivity index (χ2v) is 6.91. The van der Waals surface area contributed by atoms with Crippen LogP contribution >= 0.6 is 0 Å². The minimum absolute atomic E-state index is 0.285. The molecular formula is C24H21NO6. The largest absolute Gasteiger partial charge is 0.495 e. The number of esters is 1. The van der Waals surface area contributed by atoms with Crippen LogP contribution in [0.1, 0.15) is 5.56 Å². The standard InChI is InChI=1S/C24H21NO6/c1-15-7-3-5-9-19(15)29-14-24(27)30-13-23(26)25-18-12-21-17(11-22(18)28-2)16-8-4-6-10-20(16)31-21/h3-12H,13-14H2,1-2H3,(H,25,26). The first-order chi connectivity index (χ1) is 15.0. The number of methoxy groups -OCH3 is 1. The average Bonchev–Trinajstić information content (AvgIpc) is 3.14. The lowest BCUT2D eigenvalue weighted by atomic mass is 10.1. The Kier molecular flexibility index (Phi) is 5.75. The molecule has 0 aliphatic heterocycles. The van der Waals surface area contributed by atoms with Crippen LogP contribution in [-0.2, 0) is 14.3 Å². The summed E-state index contributed by atoms with van der Waals surface area (Å²) in [6.45, 7) is 1.14. The molecule has 0 atom stereocenters. The van der Waals surface area contributed by atoms with E-state index >= 15 is 0 Å². The molecule has 1 N–H and O–H groups in total. The number of ether oxygens (including phenoxy) is 3. The van der Waals surface area contributed by atoms with Crippen LogP contribution in [0.3, 0.4) is 0 Å². The second-order valence-electron chi connectivity index (χ2n) is 6.91. The zero-order valence-electron chi connectivity index (χ0n) is 17.1. The van der Waals surface area contributed by atoms with E-state index in [9.17, 15) is 9.59 Å². The number of amides is 1. The monoisotopic (exact) mass is 419 g/mol. The van der Waals surface area contributed by atoms with Gasteiger partial charge < -0.3 is 23.9 Å². The molecule has 0 fully saturated rings. The van der Waals surface area contributed by atoms with Gasteiger partial charge >= 0.3 is 5.97 Å². The van der Waals surface area contributed by atoms with Gasteiger partial charge in [-0.25, -0.2) is 4.79 Å². The number of carbonyl (C=O) groups excluding carboxylic acids is 2. The van der Waals surface area contributed by atoms with Gasteiger partial charge in [0.2, 0.25) is 0 Å². The summed E-state index contributed by atoms with van der Waals surface area (Å²) >= 11 is 0. The number of benzene rings is 3. The van der Waals surface area contributed by atoms with Crippen LogP contribution in [-0.4, -0.2) is 32.2 Å². The molecule has 3 aromatic carbocycles. The lowest BCUT2D eigenvalue weighted by Crippen LogP contribution is -2.24. The van der Waals surface area contributed by atoms with Gasteiger partial charge in [-0.1, -0.05) is 36.4 Å². The first-order valence-electron chi connectivity index (χ1n) is 9.68. The molecule has 158 valence electrons. The van der Waals surface area contributed by atoms with E-state index in [1.165, 1.54) is 7.11 Å². The zero-order valence-corrected chi connectivity index (χ0v) is 17.1. The van der Waals surface area contributed by atoms with E-state index in [0.29, 0.717) is 22.8 Å².